The highest BCUT2D eigenvalue weighted by molar-refractivity contribution is 9.10. The van der Waals surface area contributed by atoms with Gasteiger partial charge in [-0.25, -0.2) is 4.57 Å². The molecule has 0 bridgehead atoms. The van der Waals surface area contributed by atoms with Crippen LogP contribution in [0.1, 0.15) is 32.1 Å². The van der Waals surface area contributed by atoms with Gasteiger partial charge in [-0.2, -0.15) is 0 Å². The zero-order chi connectivity index (χ0) is 19.4. The van der Waals surface area contributed by atoms with Gasteiger partial charge in [-0.1, -0.05) is 56.1 Å². The Morgan fingerprint density at radius 1 is 0.714 bits per heavy atom. The van der Waals surface area contributed by atoms with E-state index in [4.69, 9.17) is 0 Å². The third-order valence-corrected chi connectivity index (χ3v) is 5.51. The van der Waals surface area contributed by atoms with Gasteiger partial charge in [0.2, 0.25) is 0 Å². The van der Waals surface area contributed by atoms with Gasteiger partial charge in [-0.05, 0) is 30.3 Å². The number of carbonyl (C=O) groups is 2. The Kier molecular flexibility index (Phi) is 8.52. The van der Waals surface area contributed by atoms with E-state index in [9.17, 15) is 9.59 Å². The lowest BCUT2D eigenvalue weighted by Gasteiger charge is -2.06. The van der Waals surface area contributed by atoms with Gasteiger partial charge in [-0.3, -0.25) is 9.59 Å². The van der Waals surface area contributed by atoms with Crippen molar-refractivity contribution in [1.29, 1.82) is 0 Å². The van der Waals surface area contributed by atoms with E-state index in [1.165, 1.54) is 0 Å². The van der Waals surface area contributed by atoms with Crippen LogP contribution in [-0.2, 0) is 19.9 Å². The smallest absolute Gasteiger partial charge is 0.189 e. The van der Waals surface area contributed by atoms with Gasteiger partial charge in [0.05, 0.1) is 12.8 Å². The van der Waals surface area contributed by atoms with Crippen molar-refractivity contribution in [2.45, 2.75) is 12.8 Å². The molecule has 0 radical (unpaired) electrons. The first-order valence-electron chi connectivity index (χ1n) is 8.48. The third kappa shape index (κ3) is 5.81. The van der Waals surface area contributed by atoms with E-state index in [2.05, 4.69) is 31.9 Å². The molecule has 0 saturated heterocycles. The number of Topliss-reactive ketones (excluding diaryl/α,β-unsaturated/α-hetero) is 2. The summed E-state index contributed by atoms with van der Waals surface area (Å²) >= 11 is 6.76. The third-order valence-electron chi connectivity index (χ3n) is 4.45. The van der Waals surface area contributed by atoms with Crippen molar-refractivity contribution in [2.24, 2.45) is 7.05 Å². The van der Waals surface area contributed by atoms with Crippen LogP contribution < -0.4 is 28.5 Å². The van der Waals surface area contributed by atoms with Gasteiger partial charge in [0.25, 0.3) is 0 Å². The van der Waals surface area contributed by atoms with Gasteiger partial charge in [0, 0.05) is 32.2 Å². The van der Waals surface area contributed by atoms with Crippen LogP contribution in [0.4, 0.5) is 0 Å². The highest BCUT2D eigenvalue weighted by Crippen LogP contribution is 2.14. The predicted octanol–water partition coefficient (Wildman–Crippen LogP) is 1.89. The summed E-state index contributed by atoms with van der Waals surface area (Å²) in [5.41, 5.74) is 3.11. The Bertz CT molecular complexity index is 909. The molecule has 0 aliphatic rings. The first-order chi connectivity index (χ1) is 12.9. The van der Waals surface area contributed by atoms with Crippen molar-refractivity contribution >= 4 is 43.4 Å². The second-order valence-electron chi connectivity index (χ2n) is 6.28. The molecular weight excluding hydrogens is 597 g/mol. The Morgan fingerprint density at radius 2 is 1.07 bits per heavy atom. The Balaban J connectivity index is 0.00000280. The molecule has 0 amide bonds. The summed E-state index contributed by atoms with van der Waals surface area (Å²) in [4.78, 5) is 25.1. The van der Waals surface area contributed by atoms with Gasteiger partial charge in [0.1, 0.15) is 7.05 Å². The van der Waals surface area contributed by atoms with Gasteiger partial charge >= 0.3 is 0 Å². The number of pyridine rings is 1. The fourth-order valence-corrected chi connectivity index (χ4v) is 3.37. The van der Waals surface area contributed by atoms with Crippen LogP contribution in [-0.4, -0.2) is 11.6 Å². The zero-order valence-electron chi connectivity index (χ0n) is 15.2. The summed E-state index contributed by atoms with van der Waals surface area (Å²) in [6, 6.07) is 20.4. The second kappa shape index (κ2) is 10.4. The average Bonchev–Trinajstić information content (AvgIpc) is 2.66. The minimum Gasteiger partial charge on any atom is -1.00 e. The molecule has 28 heavy (non-hydrogen) atoms. The number of benzene rings is 2. The van der Waals surface area contributed by atoms with E-state index in [-0.39, 0.29) is 35.5 Å². The molecule has 0 atom stereocenters. The lowest BCUT2D eigenvalue weighted by atomic mass is 10.0. The Morgan fingerprint density at radius 3 is 1.43 bits per heavy atom. The maximum absolute atomic E-state index is 12.6. The van der Waals surface area contributed by atoms with Crippen LogP contribution in [0.2, 0.25) is 0 Å². The molecule has 0 saturated carbocycles. The summed E-state index contributed by atoms with van der Waals surface area (Å²) in [5, 5.41) is 0. The van der Waals surface area contributed by atoms with E-state index in [0.29, 0.717) is 24.0 Å². The highest BCUT2D eigenvalue weighted by Gasteiger charge is 2.19. The molecule has 3 rings (SSSR count). The fourth-order valence-electron chi connectivity index (χ4n) is 2.84. The molecule has 0 aliphatic heterocycles. The number of hydrogen-bond donors (Lipinski definition) is 0. The standard InChI is InChI=1S/C22H18Br2NO2.HI/c1-25-19(13-21(26)15-5-9-17(23)10-6-15)3-2-4-20(25)14-22(27)16-7-11-18(24)12-8-16;/h2-12H,13-14H2,1H3;1H/q+1;/p-1. The lowest BCUT2D eigenvalue weighted by molar-refractivity contribution is -0.685. The van der Waals surface area contributed by atoms with Crippen molar-refractivity contribution in [3.05, 3.63) is 98.2 Å². The molecule has 1 aromatic heterocycles. The van der Waals surface area contributed by atoms with E-state index in [1.807, 2.05) is 78.3 Å². The molecule has 1 heterocycles. The largest absolute Gasteiger partial charge is 1.00 e. The molecular formula is C22H18Br2INO2. The minimum atomic E-state index is 0. The summed E-state index contributed by atoms with van der Waals surface area (Å²) in [6.07, 6.45) is 0.580. The van der Waals surface area contributed by atoms with Gasteiger partial charge < -0.3 is 24.0 Å². The quantitative estimate of drug-likeness (QED) is 0.242. The van der Waals surface area contributed by atoms with E-state index in [1.54, 1.807) is 0 Å². The van der Waals surface area contributed by atoms with Crippen LogP contribution in [0, 0.1) is 0 Å². The predicted molar refractivity (Wildman–Crippen MR) is 112 cm³/mol. The second-order valence-corrected chi connectivity index (χ2v) is 8.11. The maximum Gasteiger partial charge on any atom is 0.189 e. The number of rotatable bonds is 6. The van der Waals surface area contributed by atoms with E-state index < -0.39 is 0 Å². The molecule has 144 valence electrons. The van der Waals surface area contributed by atoms with Gasteiger partial charge in [-0.15, -0.1) is 0 Å². The van der Waals surface area contributed by atoms with E-state index in [0.717, 1.165) is 20.3 Å². The van der Waals surface area contributed by atoms with Crippen molar-refractivity contribution in [3.63, 3.8) is 0 Å². The van der Waals surface area contributed by atoms with Crippen molar-refractivity contribution in [1.82, 2.24) is 0 Å². The average molecular weight is 615 g/mol. The molecule has 6 heteroatoms. The zero-order valence-corrected chi connectivity index (χ0v) is 20.5. The van der Waals surface area contributed by atoms with E-state index >= 15 is 0 Å². The molecule has 3 aromatic rings. The number of carbonyl (C=O) groups excluding carboxylic acids is 2. The molecule has 0 fully saturated rings. The van der Waals surface area contributed by atoms with Crippen LogP contribution >= 0.6 is 31.9 Å². The molecule has 2 aromatic carbocycles. The number of ketones is 2. The molecule has 0 N–H and O–H groups in total. The van der Waals surface area contributed by atoms with Crippen LogP contribution in [0.15, 0.2) is 75.7 Å². The maximum atomic E-state index is 12.6. The highest BCUT2D eigenvalue weighted by atomic mass is 127. The van der Waals surface area contributed by atoms with Gasteiger partial charge in [0.15, 0.2) is 23.0 Å². The topological polar surface area (TPSA) is 38.0 Å². The SMILES string of the molecule is C[n+]1c(CC(=O)c2ccc(Br)cc2)cccc1CC(=O)c1ccc(Br)cc1.[I-]. The monoisotopic (exact) mass is 613 g/mol. The normalized spacial score (nSPS) is 10.2. The number of hydrogen-bond acceptors (Lipinski definition) is 2. The van der Waals surface area contributed by atoms with Crippen LogP contribution in [0.5, 0.6) is 0 Å². The summed E-state index contributed by atoms with van der Waals surface area (Å²) in [7, 11) is 1.90. The molecule has 0 unspecified atom stereocenters. The lowest BCUT2D eigenvalue weighted by Crippen LogP contribution is -3.00. The number of aromatic nitrogens is 1. The fraction of sp³-hybridized carbons (Fsp3) is 0.136. The summed E-state index contributed by atoms with van der Waals surface area (Å²) in [6.45, 7) is 0. The van der Waals surface area contributed by atoms with Crippen LogP contribution in [0.3, 0.4) is 0 Å². The Labute approximate surface area is 198 Å². The summed E-state index contributed by atoms with van der Waals surface area (Å²) < 4.78 is 3.82. The van der Waals surface area contributed by atoms with Crippen LogP contribution in [0.25, 0.3) is 0 Å². The van der Waals surface area contributed by atoms with Crippen molar-refractivity contribution < 1.29 is 38.1 Å². The number of nitrogens with zero attached hydrogens (tertiary/aromatic N) is 1. The Hall–Kier alpha value is -1.38. The first-order valence-corrected chi connectivity index (χ1v) is 10.1. The first kappa shape index (κ1) is 22.9. The minimum absolute atomic E-state index is 0. The molecule has 0 aliphatic carbocycles. The molecule has 0 spiro atoms. The summed E-state index contributed by atoms with van der Waals surface area (Å²) in [5.74, 6) is 0.101. The van der Waals surface area contributed by atoms with Crippen molar-refractivity contribution in [2.75, 3.05) is 0 Å². The van der Waals surface area contributed by atoms with Crippen molar-refractivity contribution in [3.8, 4) is 0 Å². The molecule has 3 nitrogen and oxygen atoms in total. The number of halogens is 3.